The number of rotatable bonds is 3. The van der Waals surface area contributed by atoms with Gasteiger partial charge in [0.2, 0.25) is 0 Å². The minimum atomic E-state index is 0.120. The van der Waals surface area contributed by atoms with Crippen LogP contribution in [0.5, 0.6) is 0 Å². The zero-order valence-corrected chi connectivity index (χ0v) is 9.60. The van der Waals surface area contributed by atoms with Gasteiger partial charge in [0.1, 0.15) is 0 Å². The lowest BCUT2D eigenvalue weighted by Crippen LogP contribution is -2.42. The highest BCUT2D eigenvalue weighted by atomic mass is 16.3. The molecule has 0 spiro atoms. The summed E-state index contributed by atoms with van der Waals surface area (Å²) in [5, 5.41) is 8.96. The monoisotopic (exact) mass is 220 g/mol. The van der Waals surface area contributed by atoms with Crippen molar-refractivity contribution in [3.05, 3.63) is 35.4 Å². The van der Waals surface area contributed by atoms with Crippen LogP contribution < -0.4 is 5.73 Å². The summed E-state index contributed by atoms with van der Waals surface area (Å²) >= 11 is 0. The van der Waals surface area contributed by atoms with E-state index in [1.54, 1.807) is 0 Å². The van der Waals surface area contributed by atoms with Gasteiger partial charge in [-0.25, -0.2) is 0 Å². The summed E-state index contributed by atoms with van der Waals surface area (Å²) in [5.74, 6) is 0. The molecule has 1 aromatic carbocycles. The third kappa shape index (κ3) is 3.04. The fraction of sp³-hybridized carbons (Fsp3) is 0.538. The number of hydrogen-bond donors (Lipinski definition) is 2. The highest BCUT2D eigenvalue weighted by molar-refractivity contribution is 5.21. The zero-order valence-electron chi connectivity index (χ0n) is 9.60. The lowest BCUT2D eigenvalue weighted by Gasteiger charge is -2.30. The van der Waals surface area contributed by atoms with E-state index >= 15 is 0 Å². The molecule has 1 saturated heterocycles. The molecule has 0 amide bonds. The van der Waals surface area contributed by atoms with E-state index in [1.807, 2.05) is 12.1 Å². The van der Waals surface area contributed by atoms with Gasteiger partial charge in [-0.3, -0.25) is 4.90 Å². The van der Waals surface area contributed by atoms with Gasteiger partial charge in [0.05, 0.1) is 6.61 Å². The first-order valence-corrected chi connectivity index (χ1v) is 5.94. The van der Waals surface area contributed by atoms with E-state index in [-0.39, 0.29) is 6.61 Å². The van der Waals surface area contributed by atoms with Crippen LogP contribution in [0.25, 0.3) is 0 Å². The molecule has 0 aliphatic carbocycles. The van der Waals surface area contributed by atoms with Gasteiger partial charge in [0.25, 0.3) is 0 Å². The topological polar surface area (TPSA) is 49.5 Å². The van der Waals surface area contributed by atoms with E-state index in [0.717, 1.165) is 31.6 Å². The Kier molecular flexibility index (Phi) is 3.93. The van der Waals surface area contributed by atoms with E-state index < -0.39 is 0 Å². The second kappa shape index (κ2) is 5.43. The Balaban J connectivity index is 1.92. The summed E-state index contributed by atoms with van der Waals surface area (Å²) < 4.78 is 0. The molecular weight excluding hydrogens is 200 g/mol. The second-order valence-corrected chi connectivity index (χ2v) is 4.61. The number of nitrogens with two attached hydrogens (primary N) is 1. The van der Waals surface area contributed by atoms with Crippen molar-refractivity contribution in [2.24, 2.45) is 5.73 Å². The van der Waals surface area contributed by atoms with Crippen LogP contribution in [0.1, 0.15) is 24.0 Å². The summed E-state index contributed by atoms with van der Waals surface area (Å²) in [6, 6.07) is 8.49. The fourth-order valence-electron chi connectivity index (χ4n) is 2.24. The minimum Gasteiger partial charge on any atom is -0.392 e. The van der Waals surface area contributed by atoms with Crippen LogP contribution in [0.3, 0.4) is 0 Å². The van der Waals surface area contributed by atoms with Gasteiger partial charge in [0, 0.05) is 19.1 Å². The molecule has 1 aliphatic rings. The maximum Gasteiger partial charge on any atom is 0.0681 e. The summed E-state index contributed by atoms with van der Waals surface area (Å²) in [5.41, 5.74) is 8.22. The largest absolute Gasteiger partial charge is 0.392 e. The maximum absolute atomic E-state index is 8.96. The first kappa shape index (κ1) is 11.6. The van der Waals surface area contributed by atoms with Crippen molar-refractivity contribution in [2.45, 2.75) is 32.0 Å². The first-order valence-electron chi connectivity index (χ1n) is 5.94. The molecule has 3 heteroatoms. The summed E-state index contributed by atoms with van der Waals surface area (Å²) in [7, 11) is 0. The summed E-state index contributed by atoms with van der Waals surface area (Å²) in [4.78, 5) is 2.40. The molecule has 2 rings (SSSR count). The molecule has 1 heterocycles. The van der Waals surface area contributed by atoms with E-state index in [4.69, 9.17) is 10.8 Å². The molecule has 0 saturated carbocycles. The van der Waals surface area contributed by atoms with Crippen LogP contribution in [0.4, 0.5) is 0 Å². The van der Waals surface area contributed by atoms with Crippen LogP contribution in [0.2, 0.25) is 0 Å². The summed E-state index contributed by atoms with van der Waals surface area (Å²) in [6.07, 6.45) is 2.36. The van der Waals surface area contributed by atoms with Crippen LogP contribution >= 0.6 is 0 Å². The number of benzene rings is 1. The number of nitrogens with zero attached hydrogens (tertiary/aromatic N) is 1. The molecule has 16 heavy (non-hydrogen) atoms. The Morgan fingerprint density at radius 1 is 1.25 bits per heavy atom. The van der Waals surface area contributed by atoms with Crippen molar-refractivity contribution in [1.82, 2.24) is 4.90 Å². The molecule has 88 valence electrons. The highest BCUT2D eigenvalue weighted by Crippen LogP contribution is 2.13. The third-order valence-corrected chi connectivity index (χ3v) is 3.15. The Labute approximate surface area is 96.9 Å². The predicted octanol–water partition coefficient (Wildman–Crippen LogP) is 1.10. The standard InChI is InChI=1S/C13H20N2O/c14-13-2-1-7-15(9-13)8-11-3-5-12(10-16)6-4-11/h3-6,13,16H,1-2,7-10,14H2. The smallest absolute Gasteiger partial charge is 0.0681 e. The molecule has 3 nitrogen and oxygen atoms in total. The van der Waals surface area contributed by atoms with Crippen LogP contribution in [0, 0.1) is 0 Å². The van der Waals surface area contributed by atoms with E-state index in [0.29, 0.717) is 6.04 Å². The van der Waals surface area contributed by atoms with Gasteiger partial charge in [-0.15, -0.1) is 0 Å². The molecule has 1 aromatic rings. The van der Waals surface area contributed by atoms with Crippen molar-refractivity contribution in [3.63, 3.8) is 0 Å². The Morgan fingerprint density at radius 2 is 1.94 bits per heavy atom. The lowest BCUT2D eigenvalue weighted by atomic mass is 10.1. The summed E-state index contributed by atoms with van der Waals surface area (Å²) in [6.45, 7) is 3.24. The van der Waals surface area contributed by atoms with Gasteiger partial charge in [-0.1, -0.05) is 24.3 Å². The van der Waals surface area contributed by atoms with E-state index in [9.17, 15) is 0 Å². The molecule has 3 N–H and O–H groups in total. The Hall–Kier alpha value is -0.900. The van der Waals surface area contributed by atoms with Crippen molar-refractivity contribution < 1.29 is 5.11 Å². The molecule has 1 fully saturated rings. The van der Waals surface area contributed by atoms with Crippen molar-refractivity contribution in [3.8, 4) is 0 Å². The zero-order chi connectivity index (χ0) is 11.4. The van der Waals surface area contributed by atoms with Gasteiger partial charge in [-0.05, 0) is 30.5 Å². The van der Waals surface area contributed by atoms with Crippen molar-refractivity contribution in [2.75, 3.05) is 13.1 Å². The average molecular weight is 220 g/mol. The number of hydrogen-bond acceptors (Lipinski definition) is 3. The van der Waals surface area contributed by atoms with Gasteiger partial charge in [-0.2, -0.15) is 0 Å². The van der Waals surface area contributed by atoms with Crippen molar-refractivity contribution >= 4 is 0 Å². The maximum atomic E-state index is 8.96. The van der Waals surface area contributed by atoms with Gasteiger partial charge < -0.3 is 10.8 Å². The minimum absolute atomic E-state index is 0.120. The molecular formula is C13H20N2O. The third-order valence-electron chi connectivity index (χ3n) is 3.15. The molecule has 0 aromatic heterocycles. The first-order chi connectivity index (χ1) is 7.78. The quantitative estimate of drug-likeness (QED) is 0.802. The molecule has 1 aliphatic heterocycles. The Morgan fingerprint density at radius 3 is 2.56 bits per heavy atom. The molecule has 1 unspecified atom stereocenters. The average Bonchev–Trinajstić information content (AvgIpc) is 2.30. The number of aliphatic hydroxyl groups excluding tert-OH is 1. The van der Waals surface area contributed by atoms with E-state index in [1.165, 1.54) is 12.0 Å². The second-order valence-electron chi connectivity index (χ2n) is 4.61. The Bertz CT molecular complexity index is 323. The fourth-order valence-corrected chi connectivity index (χ4v) is 2.24. The number of piperidine rings is 1. The van der Waals surface area contributed by atoms with Gasteiger partial charge in [0.15, 0.2) is 0 Å². The van der Waals surface area contributed by atoms with Gasteiger partial charge >= 0.3 is 0 Å². The molecule has 0 bridgehead atoms. The number of likely N-dealkylation sites (tertiary alicyclic amines) is 1. The van der Waals surface area contributed by atoms with Crippen LogP contribution in [0.15, 0.2) is 24.3 Å². The number of aliphatic hydroxyl groups is 1. The predicted molar refractivity (Wildman–Crippen MR) is 64.9 cm³/mol. The SMILES string of the molecule is NC1CCCN(Cc2ccc(CO)cc2)C1. The molecule has 1 atom stereocenters. The lowest BCUT2D eigenvalue weighted by molar-refractivity contribution is 0.201. The van der Waals surface area contributed by atoms with E-state index in [2.05, 4.69) is 17.0 Å². The molecule has 0 radical (unpaired) electrons. The highest BCUT2D eigenvalue weighted by Gasteiger charge is 2.16. The van der Waals surface area contributed by atoms with Crippen molar-refractivity contribution in [1.29, 1.82) is 0 Å². The normalized spacial score (nSPS) is 22.2. The van der Waals surface area contributed by atoms with Crippen LogP contribution in [-0.4, -0.2) is 29.1 Å². The van der Waals surface area contributed by atoms with Crippen LogP contribution in [-0.2, 0) is 13.2 Å².